The summed E-state index contributed by atoms with van der Waals surface area (Å²) in [5, 5.41) is 7.66. The Morgan fingerprint density at radius 1 is 1.15 bits per heavy atom. The van der Waals surface area contributed by atoms with Crippen LogP contribution in [0.2, 0.25) is 5.02 Å². The Labute approximate surface area is 158 Å². The van der Waals surface area contributed by atoms with Gasteiger partial charge in [0.1, 0.15) is 0 Å². The van der Waals surface area contributed by atoms with Crippen LogP contribution in [-0.4, -0.2) is 21.4 Å². The van der Waals surface area contributed by atoms with Crippen molar-refractivity contribution in [3.8, 4) is 5.69 Å². The summed E-state index contributed by atoms with van der Waals surface area (Å²) in [6.07, 6.45) is 3.48. The zero-order valence-electron chi connectivity index (χ0n) is 13.5. The molecule has 0 unspecified atom stereocenters. The SMILES string of the molecule is O=C(CSc1ccc(F)c(F)c1)NCc1cnn(-c2ccc(Cl)cc2)c1. The minimum Gasteiger partial charge on any atom is -0.351 e. The highest BCUT2D eigenvalue weighted by Crippen LogP contribution is 2.20. The van der Waals surface area contributed by atoms with Gasteiger partial charge in [0.25, 0.3) is 0 Å². The molecule has 2 aromatic carbocycles. The average molecular weight is 394 g/mol. The maximum Gasteiger partial charge on any atom is 0.230 e. The molecule has 4 nitrogen and oxygen atoms in total. The third-order valence-corrected chi connectivity index (χ3v) is 4.72. The highest BCUT2D eigenvalue weighted by Gasteiger charge is 2.07. The highest BCUT2D eigenvalue weighted by molar-refractivity contribution is 8.00. The first-order chi connectivity index (χ1) is 12.5. The van der Waals surface area contributed by atoms with Gasteiger partial charge in [-0.25, -0.2) is 13.5 Å². The molecule has 8 heteroatoms. The molecule has 0 aliphatic rings. The Balaban J connectivity index is 1.50. The van der Waals surface area contributed by atoms with Gasteiger partial charge in [-0.3, -0.25) is 4.79 Å². The molecular weight excluding hydrogens is 380 g/mol. The van der Waals surface area contributed by atoms with E-state index in [9.17, 15) is 13.6 Å². The summed E-state index contributed by atoms with van der Waals surface area (Å²) in [6.45, 7) is 0.324. The maximum absolute atomic E-state index is 13.1. The number of benzene rings is 2. The molecule has 0 atom stereocenters. The Kier molecular flexibility index (Phi) is 5.90. The van der Waals surface area contributed by atoms with E-state index >= 15 is 0 Å². The minimum atomic E-state index is -0.926. The van der Waals surface area contributed by atoms with Gasteiger partial charge in [0.05, 0.1) is 17.6 Å². The van der Waals surface area contributed by atoms with Crippen molar-refractivity contribution in [1.29, 1.82) is 0 Å². The smallest absolute Gasteiger partial charge is 0.230 e. The summed E-state index contributed by atoms with van der Waals surface area (Å²) in [5.74, 6) is -1.93. The van der Waals surface area contributed by atoms with Crippen molar-refractivity contribution in [3.63, 3.8) is 0 Å². The van der Waals surface area contributed by atoms with E-state index < -0.39 is 11.6 Å². The molecule has 0 radical (unpaired) electrons. The van der Waals surface area contributed by atoms with Gasteiger partial charge in [0.2, 0.25) is 5.91 Å². The summed E-state index contributed by atoms with van der Waals surface area (Å²) in [7, 11) is 0. The fourth-order valence-electron chi connectivity index (χ4n) is 2.15. The zero-order chi connectivity index (χ0) is 18.5. The first-order valence-electron chi connectivity index (χ1n) is 7.65. The molecule has 134 valence electrons. The molecule has 26 heavy (non-hydrogen) atoms. The number of hydrogen-bond acceptors (Lipinski definition) is 3. The minimum absolute atomic E-state index is 0.108. The van der Waals surface area contributed by atoms with Crippen molar-refractivity contribution in [2.75, 3.05) is 5.75 Å². The number of aromatic nitrogens is 2. The number of nitrogens with zero attached hydrogens (tertiary/aromatic N) is 2. The van der Waals surface area contributed by atoms with E-state index in [-0.39, 0.29) is 11.7 Å². The molecule has 0 spiro atoms. The van der Waals surface area contributed by atoms with Crippen molar-refractivity contribution in [2.24, 2.45) is 0 Å². The van der Waals surface area contributed by atoms with E-state index in [1.165, 1.54) is 6.07 Å². The molecule has 0 bridgehead atoms. The van der Waals surface area contributed by atoms with Crippen molar-refractivity contribution in [3.05, 3.63) is 77.1 Å². The fourth-order valence-corrected chi connectivity index (χ4v) is 3.03. The molecule has 0 aliphatic carbocycles. The van der Waals surface area contributed by atoms with E-state index in [1.807, 2.05) is 18.3 Å². The summed E-state index contributed by atoms with van der Waals surface area (Å²) in [6, 6.07) is 10.8. The lowest BCUT2D eigenvalue weighted by molar-refractivity contribution is -0.118. The predicted molar refractivity (Wildman–Crippen MR) is 97.5 cm³/mol. The quantitative estimate of drug-likeness (QED) is 0.638. The Bertz CT molecular complexity index is 915. The van der Waals surface area contributed by atoms with Crippen LogP contribution in [0, 0.1) is 11.6 Å². The highest BCUT2D eigenvalue weighted by atomic mass is 35.5. The summed E-state index contributed by atoms with van der Waals surface area (Å²) in [5.41, 5.74) is 1.70. The van der Waals surface area contributed by atoms with Crippen LogP contribution in [0.3, 0.4) is 0 Å². The van der Waals surface area contributed by atoms with E-state index in [0.29, 0.717) is 16.5 Å². The standard InChI is InChI=1S/C18H14ClF2N3OS/c19-13-1-3-14(4-2-13)24-10-12(9-23-24)8-22-18(25)11-26-15-5-6-16(20)17(21)7-15/h1-7,9-10H,8,11H2,(H,22,25). The van der Waals surface area contributed by atoms with Gasteiger partial charge < -0.3 is 5.32 Å². The van der Waals surface area contributed by atoms with Crippen molar-refractivity contribution in [2.45, 2.75) is 11.4 Å². The maximum atomic E-state index is 13.1. The van der Waals surface area contributed by atoms with Crippen molar-refractivity contribution < 1.29 is 13.6 Å². The van der Waals surface area contributed by atoms with E-state index in [2.05, 4.69) is 10.4 Å². The molecule has 0 fully saturated rings. The van der Waals surface area contributed by atoms with Crippen LogP contribution in [-0.2, 0) is 11.3 Å². The summed E-state index contributed by atoms with van der Waals surface area (Å²) in [4.78, 5) is 12.4. The van der Waals surface area contributed by atoms with Crippen LogP contribution in [0.4, 0.5) is 8.78 Å². The van der Waals surface area contributed by atoms with Gasteiger partial charge in [0.15, 0.2) is 11.6 Å². The van der Waals surface area contributed by atoms with E-state index in [1.54, 1.807) is 23.0 Å². The van der Waals surface area contributed by atoms with E-state index in [0.717, 1.165) is 35.1 Å². The molecular formula is C18H14ClF2N3OS. The number of halogens is 3. The number of hydrogen-bond donors (Lipinski definition) is 1. The molecule has 1 amide bonds. The van der Waals surface area contributed by atoms with Gasteiger partial charge in [-0.1, -0.05) is 11.6 Å². The van der Waals surface area contributed by atoms with Crippen LogP contribution >= 0.6 is 23.4 Å². The molecule has 0 saturated carbocycles. The second kappa shape index (κ2) is 8.33. The largest absolute Gasteiger partial charge is 0.351 e. The fraction of sp³-hybridized carbons (Fsp3) is 0.111. The predicted octanol–water partition coefficient (Wildman–Crippen LogP) is 4.21. The van der Waals surface area contributed by atoms with Gasteiger partial charge in [-0.15, -0.1) is 11.8 Å². The molecule has 1 aromatic heterocycles. The van der Waals surface area contributed by atoms with E-state index in [4.69, 9.17) is 11.6 Å². The molecule has 0 saturated heterocycles. The molecule has 1 heterocycles. The number of carbonyl (C=O) groups excluding carboxylic acids is 1. The lowest BCUT2D eigenvalue weighted by atomic mass is 10.3. The molecule has 0 aliphatic heterocycles. The average Bonchev–Trinajstić information content (AvgIpc) is 3.10. The summed E-state index contributed by atoms with van der Waals surface area (Å²) >= 11 is 7.00. The number of carbonyl (C=O) groups is 1. The second-order valence-corrected chi connectivity index (χ2v) is 6.90. The van der Waals surface area contributed by atoms with Gasteiger partial charge in [-0.2, -0.15) is 5.10 Å². The number of nitrogens with one attached hydrogen (secondary N) is 1. The third kappa shape index (κ3) is 4.83. The summed E-state index contributed by atoms with van der Waals surface area (Å²) < 4.78 is 27.7. The molecule has 3 aromatic rings. The first kappa shape index (κ1) is 18.4. The van der Waals surface area contributed by atoms with Crippen molar-refractivity contribution in [1.82, 2.24) is 15.1 Å². The van der Waals surface area contributed by atoms with Gasteiger partial charge in [0, 0.05) is 28.2 Å². The topological polar surface area (TPSA) is 46.9 Å². The van der Waals surface area contributed by atoms with Crippen LogP contribution < -0.4 is 5.32 Å². The van der Waals surface area contributed by atoms with Crippen LogP contribution in [0.25, 0.3) is 5.69 Å². The van der Waals surface area contributed by atoms with Crippen molar-refractivity contribution >= 4 is 29.3 Å². The number of rotatable bonds is 6. The second-order valence-electron chi connectivity index (χ2n) is 5.41. The normalized spacial score (nSPS) is 10.7. The lowest BCUT2D eigenvalue weighted by Gasteiger charge is -2.04. The lowest BCUT2D eigenvalue weighted by Crippen LogP contribution is -2.24. The molecule has 1 N–H and O–H groups in total. The van der Waals surface area contributed by atoms with Gasteiger partial charge >= 0.3 is 0 Å². The zero-order valence-corrected chi connectivity index (χ0v) is 15.0. The third-order valence-electron chi connectivity index (χ3n) is 3.48. The number of amides is 1. The number of thioether (sulfide) groups is 1. The Morgan fingerprint density at radius 3 is 2.65 bits per heavy atom. The van der Waals surface area contributed by atoms with Gasteiger partial charge in [-0.05, 0) is 42.5 Å². The molecule has 3 rings (SSSR count). The monoisotopic (exact) mass is 393 g/mol. The Morgan fingerprint density at radius 2 is 1.92 bits per heavy atom. The first-order valence-corrected chi connectivity index (χ1v) is 9.01. The van der Waals surface area contributed by atoms with Crippen LogP contribution in [0.15, 0.2) is 59.8 Å². The Hall–Kier alpha value is -2.38. The van der Waals surface area contributed by atoms with Crippen LogP contribution in [0.5, 0.6) is 0 Å². The van der Waals surface area contributed by atoms with Crippen LogP contribution in [0.1, 0.15) is 5.56 Å².